The Kier molecular flexibility index (Phi) is 5.90. The van der Waals surface area contributed by atoms with E-state index in [1.54, 1.807) is 0 Å². The number of hydrogen-bond acceptors (Lipinski definition) is 3. The molecule has 0 amide bonds. The van der Waals surface area contributed by atoms with E-state index in [1.807, 2.05) is 7.11 Å². The topological polar surface area (TPSA) is 24.5 Å². The molecule has 102 valence electrons. The summed E-state index contributed by atoms with van der Waals surface area (Å²) in [4.78, 5) is 2.53. The van der Waals surface area contributed by atoms with Gasteiger partial charge in [-0.3, -0.25) is 4.90 Å². The fourth-order valence-corrected chi connectivity index (χ4v) is 2.38. The van der Waals surface area contributed by atoms with Crippen molar-refractivity contribution in [3.8, 4) is 0 Å². The average Bonchev–Trinajstić information content (AvgIpc) is 2.70. The number of likely N-dealkylation sites (tertiary alicyclic amines) is 1. The molecule has 0 spiro atoms. The summed E-state index contributed by atoms with van der Waals surface area (Å²) >= 11 is 0. The minimum absolute atomic E-state index is 0.320. The van der Waals surface area contributed by atoms with Crippen LogP contribution in [-0.4, -0.2) is 50.3 Å². The standard InChI is InChI=1S/C14H30N2O/c1-6-8-15-13(14(2,3)4)11-16-9-7-12(10-16)17-5/h12-13,15H,6-11H2,1-5H3. The summed E-state index contributed by atoms with van der Waals surface area (Å²) in [5.41, 5.74) is 0.320. The Balaban J connectivity index is 2.43. The predicted octanol–water partition coefficient (Wildman–Crippen LogP) is 2.12. The van der Waals surface area contributed by atoms with E-state index >= 15 is 0 Å². The van der Waals surface area contributed by atoms with Crippen LogP contribution in [0.15, 0.2) is 0 Å². The van der Waals surface area contributed by atoms with Gasteiger partial charge in [0.15, 0.2) is 0 Å². The van der Waals surface area contributed by atoms with Crippen molar-refractivity contribution in [3.05, 3.63) is 0 Å². The highest BCUT2D eigenvalue weighted by Crippen LogP contribution is 2.22. The third-order valence-electron chi connectivity index (χ3n) is 3.69. The predicted molar refractivity (Wildman–Crippen MR) is 73.4 cm³/mol. The van der Waals surface area contributed by atoms with E-state index < -0.39 is 0 Å². The summed E-state index contributed by atoms with van der Waals surface area (Å²) in [6.45, 7) is 13.7. The molecule has 1 fully saturated rings. The molecule has 0 aromatic rings. The van der Waals surface area contributed by atoms with E-state index in [2.05, 4.69) is 37.9 Å². The van der Waals surface area contributed by atoms with Gasteiger partial charge >= 0.3 is 0 Å². The Labute approximate surface area is 107 Å². The van der Waals surface area contributed by atoms with Crippen LogP contribution in [-0.2, 0) is 4.74 Å². The Bertz CT molecular complexity index is 213. The van der Waals surface area contributed by atoms with E-state index in [1.165, 1.54) is 19.4 Å². The van der Waals surface area contributed by atoms with Crippen LogP contribution in [0.2, 0.25) is 0 Å². The molecule has 3 heteroatoms. The molecule has 0 aromatic heterocycles. The second kappa shape index (κ2) is 6.72. The van der Waals surface area contributed by atoms with Gasteiger partial charge in [0.05, 0.1) is 6.10 Å². The lowest BCUT2D eigenvalue weighted by Gasteiger charge is -2.34. The zero-order chi connectivity index (χ0) is 12.9. The maximum absolute atomic E-state index is 5.43. The van der Waals surface area contributed by atoms with Gasteiger partial charge in [-0.1, -0.05) is 27.7 Å². The Morgan fingerprint density at radius 2 is 2.12 bits per heavy atom. The van der Waals surface area contributed by atoms with Crippen LogP contribution >= 0.6 is 0 Å². The molecule has 0 radical (unpaired) electrons. The average molecular weight is 242 g/mol. The van der Waals surface area contributed by atoms with Crippen molar-refractivity contribution in [2.45, 2.75) is 52.7 Å². The number of nitrogens with zero attached hydrogens (tertiary/aromatic N) is 1. The fraction of sp³-hybridized carbons (Fsp3) is 1.00. The smallest absolute Gasteiger partial charge is 0.0710 e. The molecule has 17 heavy (non-hydrogen) atoms. The molecule has 1 heterocycles. The number of ether oxygens (including phenoxy) is 1. The highest BCUT2D eigenvalue weighted by molar-refractivity contribution is 4.86. The van der Waals surface area contributed by atoms with Gasteiger partial charge in [-0.25, -0.2) is 0 Å². The van der Waals surface area contributed by atoms with Crippen LogP contribution in [0.5, 0.6) is 0 Å². The monoisotopic (exact) mass is 242 g/mol. The highest BCUT2D eigenvalue weighted by Gasteiger charge is 2.29. The van der Waals surface area contributed by atoms with Crippen LogP contribution in [0.1, 0.15) is 40.5 Å². The summed E-state index contributed by atoms with van der Waals surface area (Å²) in [5.74, 6) is 0. The summed E-state index contributed by atoms with van der Waals surface area (Å²) in [6, 6.07) is 0.568. The second-order valence-electron chi connectivity index (χ2n) is 6.28. The third kappa shape index (κ3) is 4.94. The van der Waals surface area contributed by atoms with Crippen LogP contribution in [0.25, 0.3) is 0 Å². The molecule has 1 aliphatic rings. The first-order chi connectivity index (χ1) is 7.97. The number of nitrogens with one attached hydrogen (secondary N) is 1. The molecule has 1 N–H and O–H groups in total. The first kappa shape index (κ1) is 14.9. The zero-order valence-corrected chi connectivity index (χ0v) is 12.3. The van der Waals surface area contributed by atoms with E-state index in [-0.39, 0.29) is 0 Å². The van der Waals surface area contributed by atoms with Gasteiger partial charge in [-0.05, 0) is 24.8 Å². The number of rotatable bonds is 6. The SMILES string of the molecule is CCCNC(CN1CCC(OC)C1)C(C)(C)C. The highest BCUT2D eigenvalue weighted by atomic mass is 16.5. The molecule has 0 saturated carbocycles. The maximum Gasteiger partial charge on any atom is 0.0710 e. The van der Waals surface area contributed by atoms with E-state index in [9.17, 15) is 0 Å². The van der Waals surface area contributed by atoms with Crippen molar-refractivity contribution in [2.24, 2.45) is 5.41 Å². The molecule has 0 bridgehead atoms. The van der Waals surface area contributed by atoms with Crippen LogP contribution in [0, 0.1) is 5.41 Å². The Hall–Kier alpha value is -0.120. The molecule has 3 nitrogen and oxygen atoms in total. The first-order valence-corrected chi connectivity index (χ1v) is 6.96. The first-order valence-electron chi connectivity index (χ1n) is 6.96. The third-order valence-corrected chi connectivity index (χ3v) is 3.69. The van der Waals surface area contributed by atoms with Crippen LogP contribution in [0.4, 0.5) is 0 Å². The molecular weight excluding hydrogens is 212 g/mol. The maximum atomic E-state index is 5.43. The Morgan fingerprint density at radius 1 is 1.41 bits per heavy atom. The lowest BCUT2D eigenvalue weighted by Crippen LogP contribution is -2.48. The molecule has 1 rings (SSSR count). The van der Waals surface area contributed by atoms with Gasteiger partial charge in [0.2, 0.25) is 0 Å². The van der Waals surface area contributed by atoms with Crippen molar-refractivity contribution >= 4 is 0 Å². The number of methoxy groups -OCH3 is 1. The van der Waals surface area contributed by atoms with Crippen molar-refractivity contribution < 1.29 is 4.74 Å². The molecular formula is C14H30N2O. The largest absolute Gasteiger partial charge is 0.380 e. The zero-order valence-electron chi connectivity index (χ0n) is 12.3. The minimum Gasteiger partial charge on any atom is -0.380 e. The van der Waals surface area contributed by atoms with Crippen LogP contribution < -0.4 is 5.32 Å². The molecule has 1 aliphatic heterocycles. The Morgan fingerprint density at radius 3 is 2.59 bits per heavy atom. The quantitative estimate of drug-likeness (QED) is 0.772. The van der Waals surface area contributed by atoms with E-state index in [4.69, 9.17) is 4.74 Å². The van der Waals surface area contributed by atoms with Gasteiger partial charge in [-0.15, -0.1) is 0 Å². The van der Waals surface area contributed by atoms with Gasteiger partial charge in [0, 0.05) is 32.8 Å². The lowest BCUT2D eigenvalue weighted by atomic mass is 9.86. The molecule has 2 atom stereocenters. The second-order valence-corrected chi connectivity index (χ2v) is 6.28. The van der Waals surface area contributed by atoms with Gasteiger partial charge in [0.1, 0.15) is 0 Å². The van der Waals surface area contributed by atoms with Crippen molar-refractivity contribution in [3.63, 3.8) is 0 Å². The molecule has 2 unspecified atom stereocenters. The summed E-state index contributed by atoms with van der Waals surface area (Å²) in [5, 5.41) is 3.69. The summed E-state index contributed by atoms with van der Waals surface area (Å²) in [6.07, 6.45) is 2.83. The number of hydrogen-bond donors (Lipinski definition) is 1. The summed E-state index contributed by atoms with van der Waals surface area (Å²) in [7, 11) is 1.82. The van der Waals surface area contributed by atoms with Gasteiger partial charge < -0.3 is 10.1 Å². The van der Waals surface area contributed by atoms with E-state index in [0.29, 0.717) is 17.6 Å². The summed E-state index contributed by atoms with van der Waals surface area (Å²) < 4.78 is 5.43. The van der Waals surface area contributed by atoms with Crippen molar-refractivity contribution in [2.75, 3.05) is 33.3 Å². The molecule has 1 saturated heterocycles. The lowest BCUT2D eigenvalue weighted by molar-refractivity contribution is 0.102. The van der Waals surface area contributed by atoms with Gasteiger partial charge in [-0.2, -0.15) is 0 Å². The van der Waals surface area contributed by atoms with Gasteiger partial charge in [0.25, 0.3) is 0 Å². The van der Waals surface area contributed by atoms with Crippen molar-refractivity contribution in [1.29, 1.82) is 0 Å². The molecule has 0 aliphatic carbocycles. The normalized spacial score (nSPS) is 24.2. The minimum atomic E-state index is 0.320. The fourth-order valence-electron chi connectivity index (χ4n) is 2.38. The molecule has 0 aromatic carbocycles. The van der Waals surface area contributed by atoms with E-state index in [0.717, 1.165) is 19.6 Å². The van der Waals surface area contributed by atoms with Crippen molar-refractivity contribution in [1.82, 2.24) is 10.2 Å². The van der Waals surface area contributed by atoms with Crippen LogP contribution in [0.3, 0.4) is 0 Å².